The molecule has 0 bridgehead atoms. The Hall–Kier alpha value is -3.28. The highest BCUT2D eigenvalue weighted by Crippen LogP contribution is 2.49. The molecule has 0 aromatic heterocycles. The maximum Gasteiger partial charge on any atom is 0.231 e. The number of para-hydroxylation sites is 2. The fourth-order valence-corrected chi connectivity index (χ4v) is 4.91. The van der Waals surface area contributed by atoms with E-state index in [4.69, 9.17) is 9.47 Å². The Kier molecular flexibility index (Phi) is 4.77. The summed E-state index contributed by atoms with van der Waals surface area (Å²) in [5.41, 5.74) is 3.84. The molecular formula is C26H28N2O4. The number of allylic oxidation sites excluding steroid dienone is 1. The van der Waals surface area contributed by atoms with Crippen molar-refractivity contribution in [2.75, 3.05) is 17.0 Å². The number of carbonyl (C=O) groups is 2. The molecule has 5 rings (SSSR count). The van der Waals surface area contributed by atoms with Gasteiger partial charge in [0.05, 0.1) is 17.4 Å². The Morgan fingerprint density at radius 1 is 1.09 bits per heavy atom. The largest absolute Gasteiger partial charge is 0.454 e. The molecule has 1 aliphatic carbocycles. The van der Waals surface area contributed by atoms with Gasteiger partial charge >= 0.3 is 0 Å². The number of anilines is 2. The van der Waals surface area contributed by atoms with Gasteiger partial charge in [0.15, 0.2) is 17.3 Å². The smallest absolute Gasteiger partial charge is 0.231 e. The van der Waals surface area contributed by atoms with Crippen LogP contribution >= 0.6 is 0 Å². The van der Waals surface area contributed by atoms with Crippen molar-refractivity contribution in [3.05, 3.63) is 59.3 Å². The van der Waals surface area contributed by atoms with E-state index in [1.165, 1.54) is 0 Å². The summed E-state index contributed by atoms with van der Waals surface area (Å²) in [6.07, 6.45) is 1.17. The molecule has 32 heavy (non-hydrogen) atoms. The third kappa shape index (κ3) is 3.34. The van der Waals surface area contributed by atoms with Crippen molar-refractivity contribution in [3.63, 3.8) is 0 Å². The number of rotatable bonds is 2. The van der Waals surface area contributed by atoms with E-state index in [9.17, 15) is 9.59 Å². The number of carbonyl (C=O) groups excluding carboxylic acids is 2. The fourth-order valence-electron chi connectivity index (χ4n) is 4.91. The molecule has 0 fully saturated rings. The zero-order chi connectivity index (χ0) is 22.6. The van der Waals surface area contributed by atoms with Crippen molar-refractivity contribution in [3.8, 4) is 11.5 Å². The molecule has 0 spiro atoms. The second kappa shape index (κ2) is 7.40. The quantitative estimate of drug-likeness (QED) is 0.705. The highest BCUT2D eigenvalue weighted by Gasteiger charge is 2.43. The van der Waals surface area contributed by atoms with Crippen LogP contribution in [0.5, 0.6) is 11.5 Å². The number of ketones is 1. The second-order valence-corrected chi connectivity index (χ2v) is 9.85. The molecule has 1 N–H and O–H groups in total. The molecule has 1 amide bonds. The number of benzene rings is 2. The number of ether oxygens (including phenoxy) is 2. The van der Waals surface area contributed by atoms with Gasteiger partial charge < -0.3 is 14.8 Å². The summed E-state index contributed by atoms with van der Waals surface area (Å²) in [6, 6.07) is 12.9. The van der Waals surface area contributed by atoms with E-state index in [-0.39, 0.29) is 29.8 Å². The van der Waals surface area contributed by atoms with Crippen LogP contribution in [-0.2, 0) is 9.59 Å². The van der Waals surface area contributed by atoms with Gasteiger partial charge in [0.25, 0.3) is 0 Å². The Bertz CT molecular complexity index is 1150. The SMILES string of the molecule is CC(C)C(=O)N1c2ccccc2NC2=C(C(=O)CC(C)(C)C2)[C@@H]1c1ccc2c(c1)OCO2. The Morgan fingerprint density at radius 3 is 2.62 bits per heavy atom. The molecule has 2 heterocycles. The normalized spacial score (nSPS) is 21.1. The summed E-state index contributed by atoms with van der Waals surface area (Å²) >= 11 is 0. The number of hydrogen-bond donors (Lipinski definition) is 1. The van der Waals surface area contributed by atoms with Gasteiger partial charge in [-0.05, 0) is 41.7 Å². The minimum atomic E-state index is -0.547. The molecule has 2 aliphatic heterocycles. The van der Waals surface area contributed by atoms with Crippen molar-refractivity contribution < 1.29 is 19.1 Å². The van der Waals surface area contributed by atoms with Gasteiger partial charge in [0.2, 0.25) is 12.7 Å². The zero-order valence-electron chi connectivity index (χ0n) is 18.9. The molecule has 0 unspecified atom stereocenters. The summed E-state index contributed by atoms with van der Waals surface area (Å²) in [5, 5.41) is 3.53. The first-order valence-corrected chi connectivity index (χ1v) is 11.1. The average Bonchev–Trinajstić information content (AvgIpc) is 3.14. The standard InChI is InChI=1S/C26H28N2O4/c1-15(2)25(30)28-19-8-6-5-7-17(19)27-18-12-26(3,4)13-20(29)23(18)24(28)16-9-10-21-22(11-16)32-14-31-21/h5-11,15,24,27H,12-14H2,1-4H3/t24-/m0/s1. The summed E-state index contributed by atoms with van der Waals surface area (Å²) < 4.78 is 11.1. The lowest BCUT2D eigenvalue weighted by atomic mass is 9.73. The van der Waals surface area contributed by atoms with Crippen LogP contribution in [0.15, 0.2) is 53.7 Å². The highest BCUT2D eigenvalue weighted by atomic mass is 16.7. The van der Waals surface area contributed by atoms with Crippen LogP contribution < -0.4 is 19.7 Å². The van der Waals surface area contributed by atoms with Crippen molar-refractivity contribution >= 4 is 23.1 Å². The number of nitrogens with zero attached hydrogens (tertiary/aromatic N) is 1. The van der Waals surface area contributed by atoms with Crippen molar-refractivity contribution in [1.29, 1.82) is 0 Å². The first-order chi connectivity index (χ1) is 15.2. The molecule has 2 aromatic carbocycles. The van der Waals surface area contributed by atoms with E-state index in [2.05, 4.69) is 19.2 Å². The molecule has 0 radical (unpaired) electrons. The van der Waals surface area contributed by atoms with Crippen LogP contribution in [0.2, 0.25) is 0 Å². The fraction of sp³-hybridized carbons (Fsp3) is 0.385. The van der Waals surface area contributed by atoms with Gasteiger partial charge in [-0.25, -0.2) is 0 Å². The molecule has 0 saturated heterocycles. The average molecular weight is 433 g/mol. The van der Waals surface area contributed by atoms with E-state index in [0.29, 0.717) is 23.5 Å². The first kappa shape index (κ1) is 20.6. The predicted molar refractivity (Wildman–Crippen MR) is 123 cm³/mol. The third-order valence-corrected chi connectivity index (χ3v) is 6.34. The molecular weight excluding hydrogens is 404 g/mol. The molecule has 0 saturated carbocycles. The lowest BCUT2D eigenvalue weighted by molar-refractivity contribution is -0.122. The number of Topliss-reactive ketones (excluding diaryl/α,β-unsaturated/α-hetero) is 1. The Labute approximate surface area is 188 Å². The Morgan fingerprint density at radius 2 is 1.84 bits per heavy atom. The summed E-state index contributed by atoms with van der Waals surface area (Å²) in [7, 11) is 0. The molecule has 3 aliphatic rings. The maximum atomic E-state index is 13.6. The van der Waals surface area contributed by atoms with Crippen LogP contribution in [0.25, 0.3) is 0 Å². The third-order valence-electron chi connectivity index (χ3n) is 6.34. The van der Waals surface area contributed by atoms with Gasteiger partial charge in [-0.2, -0.15) is 0 Å². The maximum absolute atomic E-state index is 13.6. The van der Waals surface area contributed by atoms with Crippen molar-refractivity contribution in [1.82, 2.24) is 0 Å². The zero-order valence-corrected chi connectivity index (χ0v) is 18.9. The summed E-state index contributed by atoms with van der Waals surface area (Å²) in [5.74, 6) is 1.11. The van der Waals surface area contributed by atoms with Crippen LogP contribution in [0, 0.1) is 11.3 Å². The van der Waals surface area contributed by atoms with Gasteiger partial charge in [-0.15, -0.1) is 0 Å². The lowest BCUT2D eigenvalue weighted by Gasteiger charge is -2.37. The van der Waals surface area contributed by atoms with E-state index in [1.54, 1.807) is 4.90 Å². The summed E-state index contributed by atoms with van der Waals surface area (Å²) in [4.78, 5) is 29.1. The molecule has 2 aromatic rings. The van der Waals surface area contributed by atoms with Crippen LogP contribution in [0.3, 0.4) is 0 Å². The van der Waals surface area contributed by atoms with Gasteiger partial charge in [0.1, 0.15) is 0 Å². The van der Waals surface area contributed by atoms with Crippen molar-refractivity contribution in [2.45, 2.75) is 46.6 Å². The monoisotopic (exact) mass is 432 g/mol. The number of amides is 1. The van der Waals surface area contributed by atoms with E-state index in [1.807, 2.05) is 56.3 Å². The van der Waals surface area contributed by atoms with Crippen LogP contribution in [0.4, 0.5) is 11.4 Å². The van der Waals surface area contributed by atoms with Gasteiger partial charge in [-0.1, -0.05) is 45.9 Å². The topological polar surface area (TPSA) is 67.9 Å². The highest BCUT2D eigenvalue weighted by molar-refractivity contribution is 6.06. The molecule has 6 heteroatoms. The number of hydrogen-bond acceptors (Lipinski definition) is 5. The number of fused-ring (bicyclic) bond motifs is 2. The predicted octanol–water partition coefficient (Wildman–Crippen LogP) is 5.21. The minimum Gasteiger partial charge on any atom is -0.454 e. The van der Waals surface area contributed by atoms with Crippen LogP contribution in [0.1, 0.15) is 52.1 Å². The molecule has 1 atom stereocenters. The summed E-state index contributed by atoms with van der Waals surface area (Å²) in [6.45, 7) is 8.17. The molecule has 6 nitrogen and oxygen atoms in total. The van der Waals surface area contributed by atoms with Gasteiger partial charge in [-0.3, -0.25) is 14.5 Å². The second-order valence-electron chi connectivity index (χ2n) is 9.85. The van der Waals surface area contributed by atoms with Crippen LogP contribution in [-0.4, -0.2) is 18.5 Å². The first-order valence-electron chi connectivity index (χ1n) is 11.1. The Balaban J connectivity index is 1.78. The number of nitrogens with one attached hydrogen (secondary N) is 1. The minimum absolute atomic E-state index is 0.0340. The van der Waals surface area contributed by atoms with E-state index in [0.717, 1.165) is 29.1 Å². The van der Waals surface area contributed by atoms with Gasteiger partial charge in [0, 0.05) is 23.6 Å². The van der Waals surface area contributed by atoms with Crippen molar-refractivity contribution in [2.24, 2.45) is 11.3 Å². The van der Waals surface area contributed by atoms with E-state index >= 15 is 0 Å². The van der Waals surface area contributed by atoms with E-state index < -0.39 is 6.04 Å². The lowest BCUT2D eigenvalue weighted by Crippen LogP contribution is -2.41. The molecule has 166 valence electrons.